The van der Waals surface area contributed by atoms with Crippen LogP contribution in [-0.2, 0) is 9.47 Å². The molecular weight excluding hydrogens is 320 g/mol. The monoisotopic (exact) mass is 346 g/mol. The van der Waals surface area contributed by atoms with Crippen molar-refractivity contribution in [2.75, 3.05) is 67.7 Å². The van der Waals surface area contributed by atoms with E-state index in [1.54, 1.807) is 0 Å². The second kappa shape index (κ2) is 7.49. The summed E-state index contributed by atoms with van der Waals surface area (Å²) in [5.74, 6) is 0. The summed E-state index contributed by atoms with van der Waals surface area (Å²) < 4.78 is 10.9. The van der Waals surface area contributed by atoms with E-state index in [2.05, 4.69) is 32.6 Å². The zero-order valence-electron chi connectivity index (χ0n) is 14.5. The van der Waals surface area contributed by atoms with Gasteiger partial charge in [0.2, 0.25) is 0 Å². The van der Waals surface area contributed by atoms with Crippen LogP contribution in [0.1, 0.15) is 12.8 Å². The summed E-state index contributed by atoms with van der Waals surface area (Å²) in [6.07, 6.45) is 2.17. The number of carbonyl (C=O) groups excluding carboxylic acids is 1. The highest BCUT2D eigenvalue weighted by molar-refractivity contribution is 5.94. The lowest BCUT2D eigenvalue weighted by Gasteiger charge is -2.33. The Balaban J connectivity index is 1.55. The third-order valence-electron chi connectivity index (χ3n) is 4.87. The molecule has 2 heterocycles. The number of nitrogens with zero attached hydrogens (tertiary/aromatic N) is 2. The van der Waals surface area contributed by atoms with Crippen LogP contribution in [0.4, 0.5) is 21.9 Å². The Morgan fingerprint density at radius 3 is 2.24 bits per heavy atom. The number of urea groups is 1. The van der Waals surface area contributed by atoms with E-state index >= 15 is 0 Å². The van der Waals surface area contributed by atoms with Gasteiger partial charge >= 0.3 is 6.03 Å². The quantitative estimate of drug-likeness (QED) is 0.868. The van der Waals surface area contributed by atoms with Crippen LogP contribution in [0.15, 0.2) is 18.2 Å². The molecule has 2 N–H and O–H groups in total. The molecule has 3 aliphatic rings. The van der Waals surface area contributed by atoms with Gasteiger partial charge in [0.15, 0.2) is 0 Å². The molecule has 1 saturated carbocycles. The summed E-state index contributed by atoms with van der Waals surface area (Å²) in [6, 6.07) is 6.52. The van der Waals surface area contributed by atoms with Crippen molar-refractivity contribution in [1.82, 2.24) is 5.32 Å². The van der Waals surface area contributed by atoms with Crippen LogP contribution < -0.4 is 20.4 Å². The predicted molar refractivity (Wildman–Crippen MR) is 97.7 cm³/mol. The number of amides is 2. The van der Waals surface area contributed by atoms with Gasteiger partial charge in [-0.3, -0.25) is 0 Å². The topological polar surface area (TPSA) is 66.1 Å². The fourth-order valence-corrected chi connectivity index (χ4v) is 3.28. The lowest BCUT2D eigenvalue weighted by atomic mass is 10.2. The molecule has 4 rings (SSSR count). The van der Waals surface area contributed by atoms with Crippen molar-refractivity contribution < 1.29 is 14.3 Å². The summed E-state index contributed by atoms with van der Waals surface area (Å²) in [6.45, 7) is 6.43. The van der Waals surface area contributed by atoms with Gasteiger partial charge < -0.3 is 29.9 Å². The van der Waals surface area contributed by atoms with E-state index in [0.29, 0.717) is 6.04 Å². The van der Waals surface area contributed by atoms with E-state index in [-0.39, 0.29) is 6.03 Å². The normalized spacial score (nSPS) is 21.1. The molecule has 7 nitrogen and oxygen atoms in total. The summed E-state index contributed by atoms with van der Waals surface area (Å²) in [4.78, 5) is 16.8. The summed E-state index contributed by atoms with van der Waals surface area (Å²) in [7, 11) is 0. The van der Waals surface area contributed by atoms with Crippen molar-refractivity contribution in [1.29, 1.82) is 0 Å². The molecule has 0 radical (unpaired) electrons. The number of ether oxygens (including phenoxy) is 2. The summed E-state index contributed by atoms with van der Waals surface area (Å²) in [5, 5.41) is 6.02. The first kappa shape index (κ1) is 16.5. The lowest BCUT2D eigenvalue weighted by Crippen LogP contribution is -2.38. The van der Waals surface area contributed by atoms with Gasteiger partial charge in [0.1, 0.15) is 0 Å². The largest absolute Gasteiger partial charge is 0.378 e. The van der Waals surface area contributed by atoms with Gasteiger partial charge in [-0.2, -0.15) is 0 Å². The van der Waals surface area contributed by atoms with E-state index < -0.39 is 0 Å². The molecule has 0 spiro atoms. The number of benzene rings is 1. The number of carbonyl (C=O) groups is 1. The number of nitrogens with one attached hydrogen (secondary N) is 2. The summed E-state index contributed by atoms with van der Waals surface area (Å²) in [5.41, 5.74) is 3.10. The van der Waals surface area contributed by atoms with Crippen LogP contribution in [0.25, 0.3) is 0 Å². The van der Waals surface area contributed by atoms with Crippen molar-refractivity contribution >= 4 is 23.1 Å². The van der Waals surface area contributed by atoms with Gasteiger partial charge in [0, 0.05) is 37.9 Å². The van der Waals surface area contributed by atoms with E-state index in [9.17, 15) is 4.79 Å². The molecule has 25 heavy (non-hydrogen) atoms. The van der Waals surface area contributed by atoms with Gasteiger partial charge in [0.25, 0.3) is 0 Å². The fraction of sp³-hybridized carbons (Fsp3) is 0.611. The lowest BCUT2D eigenvalue weighted by molar-refractivity contribution is 0.122. The molecule has 2 saturated heterocycles. The average Bonchev–Trinajstić information content (AvgIpc) is 3.47. The third kappa shape index (κ3) is 4.16. The van der Waals surface area contributed by atoms with Crippen LogP contribution >= 0.6 is 0 Å². The Morgan fingerprint density at radius 2 is 1.60 bits per heavy atom. The maximum Gasteiger partial charge on any atom is 0.319 e. The van der Waals surface area contributed by atoms with E-state index in [1.807, 2.05) is 6.07 Å². The zero-order valence-corrected chi connectivity index (χ0v) is 14.5. The highest BCUT2D eigenvalue weighted by atomic mass is 16.5. The van der Waals surface area contributed by atoms with Crippen LogP contribution in [0.5, 0.6) is 0 Å². The molecular formula is C18H26N4O3. The van der Waals surface area contributed by atoms with E-state index in [4.69, 9.17) is 9.47 Å². The Labute approximate surface area is 148 Å². The van der Waals surface area contributed by atoms with Crippen molar-refractivity contribution in [3.05, 3.63) is 18.2 Å². The minimum Gasteiger partial charge on any atom is -0.378 e. The fourth-order valence-electron chi connectivity index (χ4n) is 3.28. The van der Waals surface area contributed by atoms with Crippen LogP contribution in [0.2, 0.25) is 0 Å². The standard InChI is InChI=1S/C18H26N4O3/c23-18(19-14-1-2-14)20-16-4-3-15(21-5-9-24-10-6-21)13-17(16)22-7-11-25-12-8-22/h3-4,13-14H,1-2,5-12H2,(H2,19,20,23). The minimum absolute atomic E-state index is 0.115. The van der Waals surface area contributed by atoms with E-state index in [1.165, 1.54) is 5.69 Å². The molecule has 0 bridgehead atoms. The van der Waals surface area contributed by atoms with E-state index in [0.717, 1.165) is 76.8 Å². The molecule has 0 unspecified atom stereocenters. The van der Waals surface area contributed by atoms with Gasteiger partial charge in [-0.25, -0.2) is 4.79 Å². The van der Waals surface area contributed by atoms with Gasteiger partial charge in [-0.1, -0.05) is 0 Å². The second-order valence-corrected chi connectivity index (χ2v) is 6.77. The van der Waals surface area contributed by atoms with Gasteiger partial charge in [-0.15, -0.1) is 0 Å². The minimum atomic E-state index is -0.115. The molecule has 0 atom stereocenters. The molecule has 1 aliphatic carbocycles. The molecule has 2 amide bonds. The number of hydrogen-bond acceptors (Lipinski definition) is 5. The molecule has 136 valence electrons. The number of hydrogen-bond donors (Lipinski definition) is 2. The third-order valence-corrected chi connectivity index (χ3v) is 4.87. The molecule has 2 aliphatic heterocycles. The van der Waals surface area contributed by atoms with Crippen molar-refractivity contribution in [3.8, 4) is 0 Å². The first-order chi connectivity index (χ1) is 12.3. The second-order valence-electron chi connectivity index (χ2n) is 6.77. The first-order valence-corrected chi connectivity index (χ1v) is 9.16. The smallest absolute Gasteiger partial charge is 0.319 e. The maximum atomic E-state index is 12.2. The molecule has 1 aromatic rings. The first-order valence-electron chi connectivity index (χ1n) is 9.16. The van der Waals surface area contributed by atoms with Crippen molar-refractivity contribution in [3.63, 3.8) is 0 Å². The highest BCUT2D eigenvalue weighted by Crippen LogP contribution is 2.32. The van der Waals surface area contributed by atoms with Crippen molar-refractivity contribution in [2.24, 2.45) is 0 Å². The van der Waals surface area contributed by atoms with Crippen LogP contribution in [0.3, 0.4) is 0 Å². The molecule has 3 fully saturated rings. The number of anilines is 3. The average molecular weight is 346 g/mol. The maximum absolute atomic E-state index is 12.2. The molecule has 0 aromatic heterocycles. The number of morpholine rings is 2. The zero-order chi connectivity index (χ0) is 17.1. The molecule has 1 aromatic carbocycles. The van der Waals surface area contributed by atoms with Gasteiger partial charge in [-0.05, 0) is 31.0 Å². The summed E-state index contributed by atoms with van der Waals surface area (Å²) >= 11 is 0. The Morgan fingerprint density at radius 1 is 0.960 bits per heavy atom. The van der Waals surface area contributed by atoms with Gasteiger partial charge in [0.05, 0.1) is 37.8 Å². The Kier molecular flexibility index (Phi) is 4.94. The molecule has 7 heteroatoms. The highest BCUT2D eigenvalue weighted by Gasteiger charge is 2.24. The Hall–Kier alpha value is -1.99. The van der Waals surface area contributed by atoms with Crippen molar-refractivity contribution in [2.45, 2.75) is 18.9 Å². The SMILES string of the molecule is O=C(Nc1ccc(N2CCOCC2)cc1N1CCOCC1)NC1CC1. The Bertz CT molecular complexity index is 608. The number of rotatable bonds is 4. The van der Waals surface area contributed by atoms with Crippen LogP contribution in [0, 0.1) is 0 Å². The predicted octanol–water partition coefficient (Wildman–Crippen LogP) is 1.64. The van der Waals surface area contributed by atoms with Crippen LogP contribution in [-0.4, -0.2) is 64.7 Å².